The van der Waals surface area contributed by atoms with Gasteiger partial charge in [-0.2, -0.15) is 0 Å². The van der Waals surface area contributed by atoms with Crippen LogP contribution >= 0.6 is 0 Å². The lowest BCUT2D eigenvalue weighted by atomic mass is 10.0. The second-order valence-electron chi connectivity index (χ2n) is 5.67. The predicted molar refractivity (Wildman–Crippen MR) is 76.0 cm³/mol. The van der Waals surface area contributed by atoms with Gasteiger partial charge in [-0.1, -0.05) is 31.0 Å². The highest BCUT2D eigenvalue weighted by Crippen LogP contribution is 2.48. The summed E-state index contributed by atoms with van der Waals surface area (Å²) in [5.74, 6) is 0.994. The van der Waals surface area contributed by atoms with Gasteiger partial charge in [0.05, 0.1) is 7.11 Å². The minimum atomic E-state index is 0.617. The smallest absolute Gasteiger partial charge is 0.123 e. The van der Waals surface area contributed by atoms with Gasteiger partial charge in [0.25, 0.3) is 0 Å². The Bertz CT molecular complexity index is 396. The van der Waals surface area contributed by atoms with Gasteiger partial charge in [-0.15, -0.1) is 0 Å². The molecule has 1 saturated carbocycles. The first-order chi connectivity index (χ1) is 8.69. The van der Waals surface area contributed by atoms with Crippen LogP contribution in [-0.2, 0) is 6.54 Å². The van der Waals surface area contributed by atoms with Gasteiger partial charge in [0.1, 0.15) is 5.75 Å². The first kappa shape index (κ1) is 13.4. The van der Waals surface area contributed by atoms with Crippen molar-refractivity contribution in [2.45, 2.75) is 46.1 Å². The highest BCUT2D eigenvalue weighted by Gasteiger charge is 2.40. The Balaban J connectivity index is 1.88. The molecule has 1 aliphatic rings. The minimum Gasteiger partial charge on any atom is -0.496 e. The quantitative estimate of drug-likeness (QED) is 0.793. The van der Waals surface area contributed by atoms with Crippen LogP contribution in [0, 0.1) is 12.3 Å². The number of hydrogen-bond donors (Lipinski definition) is 1. The van der Waals surface area contributed by atoms with Gasteiger partial charge >= 0.3 is 0 Å². The third kappa shape index (κ3) is 3.26. The van der Waals surface area contributed by atoms with E-state index in [1.54, 1.807) is 7.11 Å². The highest BCUT2D eigenvalue weighted by atomic mass is 16.5. The molecule has 0 saturated heterocycles. The molecule has 0 radical (unpaired) electrons. The van der Waals surface area contributed by atoms with Crippen molar-refractivity contribution in [1.82, 2.24) is 5.32 Å². The molecular formula is C16H25NO. The summed E-state index contributed by atoms with van der Waals surface area (Å²) in [6.07, 6.45) is 5.47. The van der Waals surface area contributed by atoms with Crippen molar-refractivity contribution in [3.05, 3.63) is 29.3 Å². The van der Waals surface area contributed by atoms with Crippen molar-refractivity contribution in [3.8, 4) is 5.75 Å². The summed E-state index contributed by atoms with van der Waals surface area (Å²) in [6, 6.07) is 6.37. The maximum Gasteiger partial charge on any atom is 0.123 e. The second-order valence-corrected chi connectivity index (χ2v) is 5.67. The van der Waals surface area contributed by atoms with Gasteiger partial charge in [0.2, 0.25) is 0 Å². The average molecular weight is 247 g/mol. The van der Waals surface area contributed by atoms with Crippen LogP contribution in [0.2, 0.25) is 0 Å². The maximum atomic E-state index is 5.41. The van der Waals surface area contributed by atoms with Gasteiger partial charge in [-0.3, -0.25) is 0 Å². The summed E-state index contributed by atoms with van der Waals surface area (Å²) in [7, 11) is 1.74. The van der Waals surface area contributed by atoms with Gasteiger partial charge in [0.15, 0.2) is 0 Å². The molecule has 18 heavy (non-hydrogen) atoms. The molecule has 0 heterocycles. The van der Waals surface area contributed by atoms with Crippen LogP contribution < -0.4 is 10.1 Å². The molecule has 0 atom stereocenters. The molecule has 0 spiro atoms. The molecule has 1 fully saturated rings. The van der Waals surface area contributed by atoms with E-state index in [0.717, 1.165) is 18.8 Å². The lowest BCUT2D eigenvalue weighted by Crippen LogP contribution is -2.23. The fraction of sp³-hybridized carbons (Fsp3) is 0.625. The SMILES string of the molecule is CCCC1(CNCc2cc(C)ccc2OC)CC1. The molecule has 0 unspecified atom stereocenters. The van der Waals surface area contributed by atoms with Gasteiger partial charge in [-0.25, -0.2) is 0 Å². The Morgan fingerprint density at radius 3 is 2.72 bits per heavy atom. The number of rotatable bonds is 7. The minimum absolute atomic E-state index is 0.617. The van der Waals surface area contributed by atoms with E-state index in [2.05, 4.69) is 37.4 Å². The van der Waals surface area contributed by atoms with E-state index in [-0.39, 0.29) is 0 Å². The van der Waals surface area contributed by atoms with E-state index in [1.807, 2.05) is 0 Å². The predicted octanol–water partition coefficient (Wildman–Crippen LogP) is 3.67. The van der Waals surface area contributed by atoms with Crippen molar-refractivity contribution >= 4 is 0 Å². The molecule has 1 N–H and O–H groups in total. The Morgan fingerprint density at radius 2 is 2.11 bits per heavy atom. The van der Waals surface area contributed by atoms with Crippen LogP contribution in [0.3, 0.4) is 0 Å². The van der Waals surface area contributed by atoms with E-state index in [4.69, 9.17) is 4.74 Å². The lowest BCUT2D eigenvalue weighted by Gasteiger charge is -2.16. The molecule has 2 heteroatoms. The second kappa shape index (κ2) is 5.75. The van der Waals surface area contributed by atoms with E-state index >= 15 is 0 Å². The van der Waals surface area contributed by atoms with E-state index in [1.165, 1.54) is 36.8 Å². The highest BCUT2D eigenvalue weighted by molar-refractivity contribution is 5.36. The van der Waals surface area contributed by atoms with Gasteiger partial charge < -0.3 is 10.1 Å². The number of aryl methyl sites for hydroxylation is 1. The van der Waals surface area contributed by atoms with Crippen LogP contribution in [0.15, 0.2) is 18.2 Å². The molecule has 2 rings (SSSR count). The van der Waals surface area contributed by atoms with Crippen LogP contribution in [0.4, 0.5) is 0 Å². The zero-order valence-corrected chi connectivity index (χ0v) is 11.9. The molecule has 0 aliphatic heterocycles. The average Bonchev–Trinajstić information content (AvgIpc) is 3.10. The molecule has 100 valence electrons. The summed E-state index contributed by atoms with van der Waals surface area (Å²) in [5.41, 5.74) is 3.18. The molecule has 1 aliphatic carbocycles. The summed E-state index contributed by atoms with van der Waals surface area (Å²) < 4.78 is 5.41. The van der Waals surface area contributed by atoms with Crippen molar-refractivity contribution < 1.29 is 4.74 Å². The summed E-state index contributed by atoms with van der Waals surface area (Å²) >= 11 is 0. The first-order valence-electron chi connectivity index (χ1n) is 7.03. The monoisotopic (exact) mass is 247 g/mol. The van der Waals surface area contributed by atoms with Crippen molar-refractivity contribution in [1.29, 1.82) is 0 Å². The molecule has 0 amide bonds. The van der Waals surface area contributed by atoms with E-state index in [9.17, 15) is 0 Å². The number of hydrogen-bond acceptors (Lipinski definition) is 2. The molecule has 1 aromatic carbocycles. The number of methoxy groups -OCH3 is 1. The number of benzene rings is 1. The molecule has 1 aromatic rings. The van der Waals surface area contributed by atoms with E-state index in [0.29, 0.717) is 5.41 Å². The standard InChI is InChI=1S/C16H25NO/c1-4-7-16(8-9-16)12-17-11-14-10-13(2)5-6-15(14)18-3/h5-6,10,17H,4,7-9,11-12H2,1-3H3. The number of nitrogens with one attached hydrogen (secondary N) is 1. The van der Waals surface area contributed by atoms with Crippen LogP contribution in [-0.4, -0.2) is 13.7 Å². The molecule has 0 bridgehead atoms. The van der Waals surface area contributed by atoms with Crippen LogP contribution in [0.5, 0.6) is 5.75 Å². The Morgan fingerprint density at radius 1 is 1.33 bits per heavy atom. The third-order valence-corrected chi connectivity index (χ3v) is 3.99. The largest absolute Gasteiger partial charge is 0.496 e. The molecule has 0 aromatic heterocycles. The first-order valence-corrected chi connectivity index (χ1v) is 7.03. The fourth-order valence-corrected chi connectivity index (χ4v) is 2.73. The van der Waals surface area contributed by atoms with E-state index < -0.39 is 0 Å². The Kier molecular flexibility index (Phi) is 4.28. The lowest BCUT2D eigenvalue weighted by molar-refractivity contribution is 0.397. The Labute approximate surface area is 111 Å². The van der Waals surface area contributed by atoms with Crippen molar-refractivity contribution in [2.75, 3.05) is 13.7 Å². The topological polar surface area (TPSA) is 21.3 Å². The van der Waals surface area contributed by atoms with Crippen LogP contribution in [0.1, 0.15) is 43.7 Å². The summed E-state index contributed by atoms with van der Waals surface area (Å²) in [4.78, 5) is 0. The molecular weight excluding hydrogens is 222 g/mol. The van der Waals surface area contributed by atoms with Gasteiger partial charge in [-0.05, 0) is 37.7 Å². The summed E-state index contributed by atoms with van der Waals surface area (Å²) in [6.45, 7) is 6.47. The van der Waals surface area contributed by atoms with Crippen molar-refractivity contribution in [3.63, 3.8) is 0 Å². The van der Waals surface area contributed by atoms with Gasteiger partial charge in [0, 0.05) is 18.7 Å². The zero-order chi connectivity index (χ0) is 13.0. The van der Waals surface area contributed by atoms with Crippen molar-refractivity contribution in [2.24, 2.45) is 5.41 Å². The number of ether oxygens (including phenoxy) is 1. The normalized spacial score (nSPS) is 16.6. The van der Waals surface area contributed by atoms with Crippen LogP contribution in [0.25, 0.3) is 0 Å². The zero-order valence-electron chi connectivity index (χ0n) is 11.9. The molecule has 2 nitrogen and oxygen atoms in total. The Hall–Kier alpha value is -1.02. The maximum absolute atomic E-state index is 5.41. The third-order valence-electron chi connectivity index (χ3n) is 3.99. The summed E-state index contributed by atoms with van der Waals surface area (Å²) in [5, 5.41) is 3.61. The fourth-order valence-electron chi connectivity index (χ4n) is 2.73.